The van der Waals surface area contributed by atoms with Crippen LogP contribution in [0.3, 0.4) is 0 Å². The predicted molar refractivity (Wildman–Crippen MR) is 58.4 cm³/mol. The Morgan fingerprint density at radius 1 is 1.53 bits per heavy atom. The van der Waals surface area contributed by atoms with Crippen molar-refractivity contribution in [3.63, 3.8) is 0 Å². The zero-order valence-electron chi connectivity index (χ0n) is 9.19. The number of nitrogens with one attached hydrogen (secondary N) is 1. The minimum absolute atomic E-state index is 0.752. The Balaban J connectivity index is 1.68. The van der Waals surface area contributed by atoms with Gasteiger partial charge in [-0.2, -0.15) is 5.10 Å². The van der Waals surface area contributed by atoms with Gasteiger partial charge in [0.2, 0.25) is 0 Å². The highest BCUT2D eigenvalue weighted by molar-refractivity contribution is 5.06. The third kappa shape index (κ3) is 1.68. The van der Waals surface area contributed by atoms with Crippen LogP contribution in [0.1, 0.15) is 18.4 Å². The minimum Gasteiger partial charge on any atom is -0.312 e. The fraction of sp³-hybridized carbons (Fsp3) is 0.727. The summed E-state index contributed by atoms with van der Waals surface area (Å²) in [6, 6.07) is 1.52. The largest absolute Gasteiger partial charge is 0.312 e. The number of rotatable bonds is 2. The smallest absolute Gasteiger partial charge is 0.0534 e. The molecular weight excluding hydrogens is 188 g/mol. The molecule has 3 heterocycles. The summed E-state index contributed by atoms with van der Waals surface area (Å²) in [6.07, 6.45) is 6.72. The Morgan fingerprint density at radius 3 is 3.27 bits per heavy atom. The molecule has 4 heteroatoms. The molecule has 0 spiro atoms. The summed E-state index contributed by atoms with van der Waals surface area (Å²) in [5.74, 6) is 0. The van der Waals surface area contributed by atoms with Crippen molar-refractivity contribution in [1.82, 2.24) is 20.0 Å². The van der Waals surface area contributed by atoms with E-state index in [1.54, 1.807) is 0 Å². The molecule has 2 fully saturated rings. The maximum atomic E-state index is 4.22. The molecular formula is C11H18N4. The van der Waals surface area contributed by atoms with E-state index in [0.717, 1.165) is 18.6 Å². The number of aromatic nitrogens is 2. The van der Waals surface area contributed by atoms with Crippen molar-refractivity contribution in [2.75, 3.05) is 13.1 Å². The van der Waals surface area contributed by atoms with Gasteiger partial charge in [0.15, 0.2) is 0 Å². The van der Waals surface area contributed by atoms with E-state index >= 15 is 0 Å². The van der Waals surface area contributed by atoms with Crippen LogP contribution in [0.25, 0.3) is 0 Å². The highest BCUT2D eigenvalue weighted by atomic mass is 15.3. The molecule has 1 aromatic heterocycles. The second-order valence-corrected chi connectivity index (χ2v) is 4.70. The van der Waals surface area contributed by atoms with Crippen molar-refractivity contribution in [3.05, 3.63) is 18.0 Å². The lowest BCUT2D eigenvalue weighted by atomic mass is 10.1. The summed E-state index contributed by atoms with van der Waals surface area (Å²) in [5, 5.41) is 7.80. The van der Waals surface area contributed by atoms with Crippen LogP contribution in [0.15, 0.2) is 12.4 Å². The van der Waals surface area contributed by atoms with Gasteiger partial charge in [-0.25, -0.2) is 0 Å². The molecule has 1 aromatic rings. The van der Waals surface area contributed by atoms with Gasteiger partial charge in [0.1, 0.15) is 0 Å². The number of nitrogens with zero attached hydrogens (tertiary/aromatic N) is 3. The predicted octanol–water partition coefficient (Wildman–Crippen LogP) is 0.356. The van der Waals surface area contributed by atoms with Gasteiger partial charge in [-0.05, 0) is 19.4 Å². The average Bonchev–Trinajstić information content (AvgIpc) is 2.85. The first-order chi connectivity index (χ1) is 7.33. The van der Waals surface area contributed by atoms with Crippen LogP contribution in [0, 0.1) is 0 Å². The molecule has 1 N–H and O–H groups in total. The van der Waals surface area contributed by atoms with Crippen LogP contribution >= 0.6 is 0 Å². The van der Waals surface area contributed by atoms with Crippen molar-refractivity contribution in [3.8, 4) is 0 Å². The first kappa shape index (κ1) is 9.36. The number of hydrogen-bond donors (Lipinski definition) is 1. The summed E-state index contributed by atoms with van der Waals surface area (Å²) in [4.78, 5) is 2.60. The van der Waals surface area contributed by atoms with Gasteiger partial charge in [0.25, 0.3) is 0 Å². The lowest BCUT2D eigenvalue weighted by molar-refractivity contribution is 0.245. The first-order valence-corrected chi connectivity index (χ1v) is 5.78. The van der Waals surface area contributed by atoms with E-state index in [0.29, 0.717) is 0 Å². The molecule has 15 heavy (non-hydrogen) atoms. The summed E-state index contributed by atoms with van der Waals surface area (Å²) < 4.78 is 1.88. The second-order valence-electron chi connectivity index (χ2n) is 4.70. The summed E-state index contributed by atoms with van der Waals surface area (Å²) >= 11 is 0. The highest BCUT2D eigenvalue weighted by Gasteiger charge is 2.36. The molecule has 2 saturated heterocycles. The Labute approximate surface area is 90.3 Å². The number of fused-ring (bicyclic) bond motifs is 1. The topological polar surface area (TPSA) is 33.1 Å². The number of hydrogen-bond acceptors (Lipinski definition) is 3. The van der Waals surface area contributed by atoms with Crippen LogP contribution in [-0.2, 0) is 13.6 Å². The fourth-order valence-electron chi connectivity index (χ4n) is 2.94. The molecule has 82 valence electrons. The van der Waals surface area contributed by atoms with Gasteiger partial charge in [-0.3, -0.25) is 9.58 Å². The van der Waals surface area contributed by atoms with E-state index in [1.807, 2.05) is 17.9 Å². The highest BCUT2D eigenvalue weighted by Crippen LogP contribution is 2.26. The molecule has 0 amide bonds. The molecule has 2 aliphatic rings. The summed E-state index contributed by atoms with van der Waals surface area (Å²) in [7, 11) is 1.98. The van der Waals surface area contributed by atoms with Crippen LogP contribution in [0.4, 0.5) is 0 Å². The zero-order chi connectivity index (χ0) is 10.3. The molecule has 4 nitrogen and oxygen atoms in total. The molecule has 2 aliphatic heterocycles. The Morgan fingerprint density at radius 2 is 2.47 bits per heavy atom. The van der Waals surface area contributed by atoms with Crippen LogP contribution in [0.5, 0.6) is 0 Å². The standard InChI is InChI=1S/C11H18N4/c1-14-7-9(6-13-14)8-15-5-3-10-11(15)2-4-12-10/h6-7,10-12H,2-5,8H2,1H3/t10-,11+/m1/s1. The van der Waals surface area contributed by atoms with Gasteiger partial charge in [0.05, 0.1) is 6.20 Å². The van der Waals surface area contributed by atoms with Crippen molar-refractivity contribution in [2.45, 2.75) is 31.5 Å². The molecule has 2 atom stereocenters. The lowest BCUT2D eigenvalue weighted by Gasteiger charge is -2.22. The fourth-order valence-corrected chi connectivity index (χ4v) is 2.94. The third-order valence-electron chi connectivity index (χ3n) is 3.65. The van der Waals surface area contributed by atoms with Crippen molar-refractivity contribution in [2.24, 2.45) is 7.05 Å². The molecule has 0 radical (unpaired) electrons. The van der Waals surface area contributed by atoms with E-state index in [2.05, 4.69) is 21.5 Å². The van der Waals surface area contributed by atoms with Crippen LogP contribution in [0.2, 0.25) is 0 Å². The van der Waals surface area contributed by atoms with E-state index < -0.39 is 0 Å². The first-order valence-electron chi connectivity index (χ1n) is 5.78. The molecule has 0 aromatic carbocycles. The minimum atomic E-state index is 0.752. The van der Waals surface area contributed by atoms with E-state index in [1.165, 1.54) is 31.5 Å². The van der Waals surface area contributed by atoms with Gasteiger partial charge in [0, 0.05) is 44.0 Å². The second kappa shape index (κ2) is 3.61. The third-order valence-corrected chi connectivity index (χ3v) is 3.65. The van der Waals surface area contributed by atoms with Crippen molar-refractivity contribution < 1.29 is 0 Å². The molecule has 0 unspecified atom stereocenters. The Hall–Kier alpha value is -0.870. The normalized spacial score (nSPS) is 31.0. The molecule has 0 saturated carbocycles. The van der Waals surface area contributed by atoms with Crippen LogP contribution in [-0.4, -0.2) is 39.9 Å². The van der Waals surface area contributed by atoms with Gasteiger partial charge >= 0.3 is 0 Å². The van der Waals surface area contributed by atoms with Gasteiger partial charge < -0.3 is 5.32 Å². The molecule has 0 aliphatic carbocycles. The van der Waals surface area contributed by atoms with E-state index in [4.69, 9.17) is 0 Å². The zero-order valence-corrected chi connectivity index (χ0v) is 9.19. The SMILES string of the molecule is Cn1cc(CN2CC[C@H]3NCC[C@@H]32)cn1. The summed E-state index contributed by atoms with van der Waals surface area (Å²) in [6.45, 7) is 3.49. The number of likely N-dealkylation sites (tertiary alicyclic amines) is 1. The maximum absolute atomic E-state index is 4.22. The monoisotopic (exact) mass is 206 g/mol. The Bertz CT molecular complexity index is 346. The average molecular weight is 206 g/mol. The van der Waals surface area contributed by atoms with Gasteiger partial charge in [-0.1, -0.05) is 0 Å². The van der Waals surface area contributed by atoms with Crippen molar-refractivity contribution in [1.29, 1.82) is 0 Å². The van der Waals surface area contributed by atoms with Crippen molar-refractivity contribution >= 4 is 0 Å². The lowest BCUT2D eigenvalue weighted by Crippen LogP contribution is -2.33. The van der Waals surface area contributed by atoms with E-state index in [-0.39, 0.29) is 0 Å². The number of aryl methyl sites for hydroxylation is 1. The maximum Gasteiger partial charge on any atom is 0.0534 e. The summed E-state index contributed by atoms with van der Waals surface area (Å²) in [5.41, 5.74) is 1.34. The Kier molecular flexibility index (Phi) is 2.25. The molecule has 0 bridgehead atoms. The molecule has 3 rings (SSSR count). The van der Waals surface area contributed by atoms with E-state index in [9.17, 15) is 0 Å². The van der Waals surface area contributed by atoms with Crippen LogP contribution < -0.4 is 5.32 Å². The van der Waals surface area contributed by atoms with Gasteiger partial charge in [-0.15, -0.1) is 0 Å². The quantitative estimate of drug-likeness (QED) is 0.758.